The van der Waals surface area contributed by atoms with Gasteiger partial charge in [-0.15, -0.1) is 0 Å². The lowest BCUT2D eigenvalue weighted by molar-refractivity contribution is -0.119. The molecule has 0 aromatic heterocycles. The molecule has 0 saturated carbocycles. The molecule has 0 radical (unpaired) electrons. The summed E-state index contributed by atoms with van der Waals surface area (Å²) in [5, 5.41) is 0. The Kier molecular flexibility index (Phi) is 3.35. The Bertz CT molecular complexity index is 1100. The van der Waals surface area contributed by atoms with Crippen molar-refractivity contribution in [1.82, 2.24) is 0 Å². The van der Waals surface area contributed by atoms with Gasteiger partial charge in [-0.05, 0) is 29.7 Å². The van der Waals surface area contributed by atoms with Crippen molar-refractivity contribution in [2.24, 2.45) is 4.99 Å². The highest BCUT2D eigenvalue weighted by Crippen LogP contribution is 2.54. The summed E-state index contributed by atoms with van der Waals surface area (Å²) in [7, 11) is 1.86. The van der Waals surface area contributed by atoms with Crippen LogP contribution in [-0.2, 0) is 16.6 Å². The Morgan fingerprint density at radius 1 is 0.926 bits per heavy atom. The zero-order valence-electron chi connectivity index (χ0n) is 15.4. The summed E-state index contributed by atoms with van der Waals surface area (Å²) in [5.74, 6) is 0.0679. The zero-order chi connectivity index (χ0) is 18.6. The Hall–Kier alpha value is -3.20. The number of fused-ring (bicyclic) bond motifs is 4. The van der Waals surface area contributed by atoms with Gasteiger partial charge in [0.25, 0.3) is 0 Å². The van der Waals surface area contributed by atoms with Crippen LogP contribution in [0.1, 0.15) is 29.2 Å². The lowest BCUT2D eigenvalue weighted by atomic mass is 9.70. The van der Waals surface area contributed by atoms with E-state index < -0.39 is 5.41 Å². The zero-order valence-corrected chi connectivity index (χ0v) is 15.4. The van der Waals surface area contributed by atoms with Gasteiger partial charge in [0.15, 0.2) is 0 Å². The first-order valence-corrected chi connectivity index (χ1v) is 9.33. The molecule has 1 spiro atoms. The number of para-hydroxylation sites is 1. The van der Waals surface area contributed by atoms with Crippen molar-refractivity contribution in [3.63, 3.8) is 0 Å². The van der Waals surface area contributed by atoms with Crippen molar-refractivity contribution in [1.29, 1.82) is 0 Å². The highest BCUT2D eigenvalue weighted by molar-refractivity contribution is 6.33. The maximum Gasteiger partial charge on any atom is 0.248 e. The van der Waals surface area contributed by atoms with Gasteiger partial charge in [0.05, 0.1) is 11.4 Å². The summed E-state index contributed by atoms with van der Waals surface area (Å²) < 4.78 is 0. The first-order chi connectivity index (χ1) is 13.2. The molecule has 2 aliphatic rings. The first-order valence-electron chi connectivity index (χ1n) is 9.33. The van der Waals surface area contributed by atoms with Gasteiger partial charge in [0.1, 0.15) is 5.41 Å². The maximum absolute atomic E-state index is 13.8. The number of amides is 1. The summed E-state index contributed by atoms with van der Waals surface area (Å²) in [6.07, 6.45) is 0.926. The van der Waals surface area contributed by atoms with Crippen LogP contribution in [0, 0.1) is 0 Å². The Morgan fingerprint density at radius 2 is 1.67 bits per heavy atom. The number of carbonyl (C=O) groups is 1. The number of nitrogens with zero attached hydrogens (tertiary/aromatic N) is 2. The smallest absolute Gasteiger partial charge is 0.248 e. The minimum absolute atomic E-state index is 0.0679. The molecule has 3 aromatic carbocycles. The molecule has 0 N–H and O–H groups in total. The van der Waals surface area contributed by atoms with Crippen LogP contribution in [0.2, 0.25) is 0 Å². The van der Waals surface area contributed by atoms with Gasteiger partial charge in [0.2, 0.25) is 5.91 Å². The number of aryl methyl sites for hydroxylation is 1. The molecule has 3 aromatic rings. The van der Waals surface area contributed by atoms with Gasteiger partial charge in [-0.3, -0.25) is 9.79 Å². The van der Waals surface area contributed by atoms with Crippen LogP contribution in [0.15, 0.2) is 77.8 Å². The van der Waals surface area contributed by atoms with E-state index in [4.69, 9.17) is 4.99 Å². The Labute approximate surface area is 159 Å². The number of anilines is 1. The molecule has 0 aliphatic carbocycles. The van der Waals surface area contributed by atoms with Crippen molar-refractivity contribution in [3.05, 3.63) is 95.1 Å². The minimum Gasteiger partial charge on any atom is -0.314 e. The van der Waals surface area contributed by atoms with Crippen molar-refractivity contribution in [2.75, 3.05) is 11.9 Å². The number of aliphatic imine (C=N–C) groups is 1. The van der Waals surface area contributed by atoms with Gasteiger partial charge >= 0.3 is 0 Å². The average molecular weight is 352 g/mol. The second-order valence-corrected chi connectivity index (χ2v) is 7.16. The molecule has 0 unspecified atom stereocenters. The van der Waals surface area contributed by atoms with Crippen LogP contribution >= 0.6 is 0 Å². The Morgan fingerprint density at radius 3 is 2.44 bits per heavy atom. The van der Waals surface area contributed by atoms with Crippen LogP contribution in [0.3, 0.4) is 0 Å². The molecule has 0 bridgehead atoms. The predicted molar refractivity (Wildman–Crippen MR) is 109 cm³/mol. The van der Waals surface area contributed by atoms with Crippen molar-refractivity contribution in [3.8, 4) is 0 Å². The van der Waals surface area contributed by atoms with Crippen molar-refractivity contribution >= 4 is 23.0 Å². The monoisotopic (exact) mass is 352 g/mol. The lowest BCUT2D eigenvalue weighted by Crippen LogP contribution is -2.44. The fourth-order valence-electron chi connectivity index (χ4n) is 4.46. The highest BCUT2D eigenvalue weighted by Gasteiger charge is 2.58. The number of benzene rings is 3. The Balaban J connectivity index is 1.88. The number of hydrogen-bond acceptors (Lipinski definition) is 2. The molecule has 3 heteroatoms. The van der Waals surface area contributed by atoms with E-state index in [2.05, 4.69) is 31.2 Å². The molecule has 0 saturated heterocycles. The van der Waals surface area contributed by atoms with E-state index in [1.54, 1.807) is 4.90 Å². The van der Waals surface area contributed by atoms with E-state index in [0.29, 0.717) is 0 Å². The fraction of sp³-hybridized carbons (Fsp3) is 0.167. The van der Waals surface area contributed by atoms with Crippen LogP contribution in [-0.4, -0.2) is 18.7 Å². The summed E-state index contributed by atoms with van der Waals surface area (Å²) in [6, 6.07) is 24.5. The molecule has 0 fully saturated rings. The molecule has 1 amide bonds. The van der Waals surface area contributed by atoms with Crippen LogP contribution in [0.25, 0.3) is 0 Å². The van der Waals surface area contributed by atoms with Gasteiger partial charge in [-0.1, -0.05) is 67.6 Å². The second-order valence-electron chi connectivity index (χ2n) is 7.16. The lowest BCUT2D eigenvalue weighted by Gasteiger charge is -2.27. The second kappa shape index (κ2) is 5.65. The minimum atomic E-state index is -0.868. The van der Waals surface area contributed by atoms with Gasteiger partial charge in [-0.25, -0.2) is 0 Å². The first kappa shape index (κ1) is 16.0. The molecular weight excluding hydrogens is 332 g/mol. The topological polar surface area (TPSA) is 32.7 Å². The van der Waals surface area contributed by atoms with Gasteiger partial charge in [-0.2, -0.15) is 0 Å². The largest absolute Gasteiger partial charge is 0.314 e. The number of hydrogen-bond donors (Lipinski definition) is 0. The van der Waals surface area contributed by atoms with E-state index in [9.17, 15) is 4.79 Å². The molecular formula is C24H20N2O. The van der Waals surface area contributed by atoms with Crippen molar-refractivity contribution < 1.29 is 4.79 Å². The third-order valence-corrected chi connectivity index (χ3v) is 5.80. The van der Waals surface area contributed by atoms with Crippen LogP contribution in [0.5, 0.6) is 0 Å². The molecule has 3 nitrogen and oxygen atoms in total. The van der Waals surface area contributed by atoms with E-state index in [1.807, 2.05) is 55.6 Å². The number of rotatable bonds is 2. The SMILES string of the molecule is CCc1ccc2c(c1)[C@@]1(C(=O)N(C)c3ccccc31)C(c1ccccc1)=N2. The third-order valence-electron chi connectivity index (χ3n) is 5.80. The van der Waals surface area contributed by atoms with Crippen LogP contribution in [0.4, 0.5) is 11.4 Å². The van der Waals surface area contributed by atoms with E-state index in [1.165, 1.54) is 5.56 Å². The highest BCUT2D eigenvalue weighted by atomic mass is 16.2. The molecule has 2 aliphatic heterocycles. The molecule has 2 heterocycles. The van der Waals surface area contributed by atoms with Gasteiger partial charge < -0.3 is 4.90 Å². The molecule has 132 valence electrons. The molecule has 1 atom stereocenters. The number of carbonyl (C=O) groups excluding carboxylic acids is 1. The molecule has 5 rings (SSSR count). The quantitative estimate of drug-likeness (QED) is 0.661. The van der Waals surface area contributed by atoms with E-state index >= 15 is 0 Å². The van der Waals surface area contributed by atoms with E-state index in [-0.39, 0.29) is 5.91 Å². The third kappa shape index (κ3) is 1.97. The summed E-state index contributed by atoms with van der Waals surface area (Å²) in [5.41, 5.74) is 6.04. The molecule has 27 heavy (non-hydrogen) atoms. The van der Waals surface area contributed by atoms with Gasteiger partial charge in [0, 0.05) is 23.9 Å². The number of likely N-dealkylation sites (N-methyl/N-ethyl adjacent to an activating group) is 1. The summed E-state index contributed by atoms with van der Waals surface area (Å²) in [6.45, 7) is 2.14. The maximum atomic E-state index is 13.8. The predicted octanol–water partition coefficient (Wildman–Crippen LogP) is 4.65. The average Bonchev–Trinajstić information content (AvgIpc) is 3.18. The summed E-state index contributed by atoms with van der Waals surface area (Å²) in [4.78, 5) is 20.5. The van der Waals surface area contributed by atoms with Crippen LogP contribution < -0.4 is 4.90 Å². The fourth-order valence-corrected chi connectivity index (χ4v) is 4.46. The standard InChI is InChI=1S/C24H20N2O/c1-3-16-13-14-20-19(15-16)24(22(25-20)17-9-5-4-6-10-17)18-11-7-8-12-21(18)26(2)23(24)27/h4-15H,3H2,1-2H3/t24-/m1/s1. The van der Waals surface area contributed by atoms with E-state index in [0.717, 1.165) is 40.2 Å². The normalized spacial score (nSPS) is 20.0. The van der Waals surface area contributed by atoms with Crippen molar-refractivity contribution in [2.45, 2.75) is 18.8 Å². The summed E-state index contributed by atoms with van der Waals surface area (Å²) >= 11 is 0.